The molecule has 1 aromatic carbocycles. The summed E-state index contributed by atoms with van der Waals surface area (Å²) in [6.45, 7) is 5.97. The number of H-pyrrole nitrogens is 1. The molecule has 8 heteroatoms. The first-order chi connectivity index (χ1) is 12.0. The number of hydrogen-bond donors (Lipinski definition) is 1. The van der Waals surface area contributed by atoms with Crippen LogP contribution in [0.4, 0.5) is 8.78 Å². The number of nitrogens with one attached hydrogen (secondary N) is 1. The van der Waals surface area contributed by atoms with E-state index in [-0.39, 0.29) is 16.5 Å². The molecule has 1 aromatic heterocycles. The molecule has 2 rings (SSSR count). The Morgan fingerprint density at radius 1 is 1.15 bits per heavy atom. The summed E-state index contributed by atoms with van der Waals surface area (Å²) in [5.41, 5.74) is 1.13. The predicted molar refractivity (Wildman–Crippen MR) is 90.8 cm³/mol. The van der Waals surface area contributed by atoms with Crippen LogP contribution in [0.1, 0.15) is 56.3 Å². The Morgan fingerprint density at radius 2 is 1.73 bits per heavy atom. The number of Topliss-reactive ketones (excluding diaryl/α,β-unsaturated/α-hetero) is 2. The number of carbonyl (C=O) groups excluding carboxylic acids is 3. The van der Waals surface area contributed by atoms with E-state index >= 15 is 0 Å². The van der Waals surface area contributed by atoms with Crippen LogP contribution in [0, 0.1) is 25.5 Å². The molecule has 138 valence electrons. The first kappa shape index (κ1) is 19.8. The zero-order valence-electron chi connectivity index (χ0n) is 14.5. The zero-order valence-corrected chi connectivity index (χ0v) is 15.3. The molecule has 0 saturated carbocycles. The molecule has 1 heterocycles. The molecule has 0 bridgehead atoms. The van der Waals surface area contributed by atoms with Crippen LogP contribution in [0.3, 0.4) is 0 Å². The molecule has 0 saturated heterocycles. The number of aromatic amines is 1. The molecule has 0 aliphatic rings. The van der Waals surface area contributed by atoms with Gasteiger partial charge in [0.25, 0.3) is 0 Å². The van der Waals surface area contributed by atoms with Crippen molar-refractivity contribution < 1.29 is 27.9 Å². The zero-order chi connectivity index (χ0) is 19.8. The second kappa shape index (κ2) is 7.37. The molecule has 2 aromatic rings. The quantitative estimate of drug-likeness (QED) is 0.477. The van der Waals surface area contributed by atoms with Gasteiger partial charge < -0.3 is 9.72 Å². The van der Waals surface area contributed by atoms with E-state index < -0.39 is 35.1 Å². The summed E-state index contributed by atoms with van der Waals surface area (Å²) >= 11 is 5.72. The summed E-state index contributed by atoms with van der Waals surface area (Å²) in [6, 6.07) is 1.26. The first-order valence-electron chi connectivity index (χ1n) is 7.64. The smallest absolute Gasteiger partial charge is 0.340 e. The Morgan fingerprint density at radius 3 is 2.27 bits per heavy atom. The number of benzene rings is 1. The third kappa shape index (κ3) is 3.67. The van der Waals surface area contributed by atoms with Crippen LogP contribution in [0.2, 0.25) is 5.02 Å². The summed E-state index contributed by atoms with van der Waals surface area (Å²) < 4.78 is 31.4. The lowest BCUT2D eigenvalue weighted by Crippen LogP contribution is -2.25. The van der Waals surface area contributed by atoms with Crippen molar-refractivity contribution in [3.8, 4) is 0 Å². The number of aryl methyl sites for hydroxylation is 1. The summed E-state index contributed by atoms with van der Waals surface area (Å²) in [5.74, 6) is -4.30. The summed E-state index contributed by atoms with van der Waals surface area (Å²) in [7, 11) is 0. The number of esters is 1. The minimum Gasteiger partial charge on any atom is -0.451 e. The standard InChI is InChI=1S/C18H16ClF2NO4/c1-7-15(9(3)23)8(2)22-16(7)17(24)10(4)26-18(25)11-5-13(20)14(21)6-12(11)19/h5-6,10,22H,1-4H3/t10-/m0/s1. The van der Waals surface area contributed by atoms with Gasteiger partial charge in [-0.05, 0) is 45.4 Å². The molecule has 5 nitrogen and oxygen atoms in total. The van der Waals surface area contributed by atoms with Crippen molar-refractivity contribution in [3.63, 3.8) is 0 Å². The largest absolute Gasteiger partial charge is 0.451 e. The average molecular weight is 384 g/mol. The predicted octanol–water partition coefficient (Wildman–Crippen LogP) is 4.19. The molecular weight excluding hydrogens is 368 g/mol. The van der Waals surface area contributed by atoms with Crippen LogP contribution in [0.5, 0.6) is 0 Å². The highest BCUT2D eigenvalue weighted by atomic mass is 35.5. The highest BCUT2D eigenvalue weighted by molar-refractivity contribution is 6.33. The van der Waals surface area contributed by atoms with Crippen molar-refractivity contribution in [2.24, 2.45) is 0 Å². The van der Waals surface area contributed by atoms with Gasteiger partial charge in [-0.1, -0.05) is 11.6 Å². The van der Waals surface area contributed by atoms with Crippen molar-refractivity contribution in [1.29, 1.82) is 0 Å². The van der Waals surface area contributed by atoms with Gasteiger partial charge in [0.05, 0.1) is 16.3 Å². The van der Waals surface area contributed by atoms with Crippen LogP contribution in [0.25, 0.3) is 0 Å². The van der Waals surface area contributed by atoms with Crippen LogP contribution < -0.4 is 0 Å². The lowest BCUT2D eigenvalue weighted by Gasteiger charge is -2.13. The highest BCUT2D eigenvalue weighted by Gasteiger charge is 2.27. The van der Waals surface area contributed by atoms with Gasteiger partial charge in [0.2, 0.25) is 5.78 Å². The molecule has 0 aliphatic heterocycles. The number of halogens is 3. The number of carbonyl (C=O) groups is 3. The number of rotatable bonds is 5. The summed E-state index contributed by atoms with van der Waals surface area (Å²) in [4.78, 5) is 39.1. The Labute approximate surface area is 153 Å². The Bertz CT molecular complexity index is 920. The van der Waals surface area contributed by atoms with Gasteiger partial charge >= 0.3 is 5.97 Å². The summed E-state index contributed by atoms with van der Waals surface area (Å²) in [6.07, 6.45) is -1.23. The maximum absolute atomic E-state index is 13.3. The highest BCUT2D eigenvalue weighted by Crippen LogP contribution is 2.23. The molecule has 26 heavy (non-hydrogen) atoms. The third-order valence-corrected chi connectivity index (χ3v) is 4.23. The van der Waals surface area contributed by atoms with Gasteiger partial charge in [0.15, 0.2) is 23.5 Å². The minimum atomic E-state index is -1.26. The second-order valence-corrected chi connectivity index (χ2v) is 6.25. The van der Waals surface area contributed by atoms with Crippen molar-refractivity contribution in [2.45, 2.75) is 33.8 Å². The molecular formula is C18H16ClF2NO4. The van der Waals surface area contributed by atoms with Crippen LogP contribution in [-0.4, -0.2) is 28.6 Å². The molecule has 1 atom stereocenters. The Balaban J connectivity index is 2.25. The van der Waals surface area contributed by atoms with E-state index in [9.17, 15) is 23.2 Å². The van der Waals surface area contributed by atoms with Crippen LogP contribution in [0.15, 0.2) is 12.1 Å². The number of aromatic nitrogens is 1. The van der Waals surface area contributed by atoms with Crippen molar-refractivity contribution >= 4 is 29.1 Å². The normalized spacial score (nSPS) is 12.0. The molecule has 1 N–H and O–H groups in total. The van der Waals surface area contributed by atoms with E-state index in [1.807, 2.05) is 0 Å². The van der Waals surface area contributed by atoms with Crippen LogP contribution >= 0.6 is 11.6 Å². The Hall–Kier alpha value is -2.54. The molecule has 0 fully saturated rings. The van der Waals surface area contributed by atoms with Crippen molar-refractivity contribution in [3.05, 3.63) is 56.9 Å². The van der Waals surface area contributed by atoms with E-state index in [2.05, 4.69) is 4.98 Å². The van der Waals surface area contributed by atoms with Gasteiger partial charge in [-0.15, -0.1) is 0 Å². The third-order valence-electron chi connectivity index (χ3n) is 3.92. The molecule has 0 aliphatic carbocycles. The van der Waals surface area contributed by atoms with Crippen molar-refractivity contribution in [2.75, 3.05) is 0 Å². The van der Waals surface area contributed by atoms with Crippen molar-refractivity contribution in [1.82, 2.24) is 4.98 Å². The van der Waals surface area contributed by atoms with Gasteiger partial charge in [-0.25, -0.2) is 13.6 Å². The fraction of sp³-hybridized carbons (Fsp3) is 0.278. The van der Waals surface area contributed by atoms with Gasteiger partial charge in [-0.2, -0.15) is 0 Å². The lowest BCUT2D eigenvalue weighted by molar-refractivity contribution is 0.0316. The molecule has 0 spiro atoms. The van der Waals surface area contributed by atoms with E-state index in [0.29, 0.717) is 29.0 Å². The van der Waals surface area contributed by atoms with Gasteiger partial charge in [-0.3, -0.25) is 9.59 Å². The molecule has 0 amide bonds. The number of ether oxygens (including phenoxy) is 1. The minimum absolute atomic E-state index is 0.143. The Kier molecular flexibility index (Phi) is 5.61. The number of hydrogen-bond acceptors (Lipinski definition) is 4. The fourth-order valence-corrected chi connectivity index (χ4v) is 2.91. The van der Waals surface area contributed by atoms with E-state index in [1.165, 1.54) is 13.8 Å². The summed E-state index contributed by atoms with van der Waals surface area (Å²) in [5, 5.41) is -0.334. The fourth-order valence-electron chi connectivity index (χ4n) is 2.68. The van der Waals surface area contributed by atoms with Crippen LogP contribution in [-0.2, 0) is 4.74 Å². The number of ketones is 2. The van der Waals surface area contributed by atoms with E-state index in [1.54, 1.807) is 13.8 Å². The SMILES string of the molecule is CC(=O)c1c(C)[nH]c(C(=O)[C@H](C)OC(=O)c2cc(F)c(F)cc2Cl)c1C. The molecule has 0 unspecified atom stereocenters. The first-order valence-corrected chi connectivity index (χ1v) is 8.02. The molecule has 0 radical (unpaired) electrons. The topological polar surface area (TPSA) is 76.2 Å². The average Bonchev–Trinajstić information content (AvgIpc) is 2.84. The monoisotopic (exact) mass is 383 g/mol. The van der Waals surface area contributed by atoms with E-state index in [4.69, 9.17) is 16.3 Å². The van der Waals surface area contributed by atoms with Gasteiger partial charge in [0, 0.05) is 11.3 Å². The second-order valence-electron chi connectivity index (χ2n) is 5.84. The van der Waals surface area contributed by atoms with Gasteiger partial charge in [0.1, 0.15) is 0 Å². The maximum atomic E-state index is 13.3. The maximum Gasteiger partial charge on any atom is 0.340 e. The van der Waals surface area contributed by atoms with E-state index in [0.717, 1.165) is 0 Å². The lowest BCUT2D eigenvalue weighted by atomic mass is 10.0.